The Morgan fingerprint density at radius 3 is 2.64 bits per heavy atom. The lowest BCUT2D eigenvalue weighted by Crippen LogP contribution is -2.35. The molecule has 4 nitrogen and oxygen atoms in total. The molecule has 0 spiro atoms. The summed E-state index contributed by atoms with van der Waals surface area (Å²) in [5.41, 5.74) is 0.376. The predicted molar refractivity (Wildman–Crippen MR) is 97.0 cm³/mol. The van der Waals surface area contributed by atoms with E-state index in [-0.39, 0.29) is 17.5 Å². The van der Waals surface area contributed by atoms with Crippen LogP contribution in [0.1, 0.15) is 23.2 Å². The monoisotopic (exact) mass is 362 g/mol. The molecule has 1 aliphatic rings. The number of ether oxygens (including phenoxy) is 1. The van der Waals surface area contributed by atoms with E-state index >= 15 is 0 Å². The van der Waals surface area contributed by atoms with Crippen LogP contribution in [-0.4, -0.2) is 37.0 Å². The molecule has 1 amide bonds. The van der Waals surface area contributed by atoms with E-state index in [1.54, 1.807) is 36.4 Å². The minimum atomic E-state index is -0.568. The number of carbonyl (C=O) groups excluding carboxylic acids is 1. The van der Waals surface area contributed by atoms with Crippen molar-refractivity contribution in [1.29, 1.82) is 0 Å². The van der Waals surface area contributed by atoms with Crippen LogP contribution in [0.4, 0.5) is 10.1 Å². The number of halogens is 2. The number of piperidine rings is 1. The molecule has 25 heavy (non-hydrogen) atoms. The topological polar surface area (TPSA) is 41.6 Å². The van der Waals surface area contributed by atoms with Crippen molar-refractivity contribution < 1.29 is 13.9 Å². The molecule has 1 heterocycles. The molecule has 6 heteroatoms. The Balaban J connectivity index is 1.73. The van der Waals surface area contributed by atoms with Crippen LogP contribution in [0.3, 0.4) is 0 Å². The van der Waals surface area contributed by atoms with Crippen molar-refractivity contribution in [3.8, 4) is 5.75 Å². The van der Waals surface area contributed by atoms with E-state index in [0.717, 1.165) is 25.9 Å². The SMILES string of the molecule is CN1CCC(Oc2cccc(NC(=O)c3ccccc3Cl)c2F)CC1. The van der Waals surface area contributed by atoms with E-state index in [9.17, 15) is 9.18 Å². The van der Waals surface area contributed by atoms with E-state index < -0.39 is 11.7 Å². The zero-order chi connectivity index (χ0) is 17.8. The molecule has 2 aromatic carbocycles. The third-order valence-corrected chi connectivity index (χ3v) is 4.62. The molecule has 1 aliphatic heterocycles. The highest BCUT2D eigenvalue weighted by molar-refractivity contribution is 6.34. The number of nitrogens with zero attached hydrogens (tertiary/aromatic N) is 1. The maximum Gasteiger partial charge on any atom is 0.257 e. The number of benzene rings is 2. The van der Waals surface area contributed by atoms with Crippen molar-refractivity contribution in [2.45, 2.75) is 18.9 Å². The molecule has 0 aliphatic carbocycles. The molecule has 2 aromatic rings. The van der Waals surface area contributed by atoms with Crippen LogP contribution in [0.5, 0.6) is 5.75 Å². The molecule has 0 saturated carbocycles. The van der Waals surface area contributed by atoms with Crippen molar-refractivity contribution in [3.05, 3.63) is 58.9 Å². The molecular weight excluding hydrogens is 343 g/mol. The molecule has 0 atom stereocenters. The van der Waals surface area contributed by atoms with Gasteiger partial charge in [0.15, 0.2) is 11.6 Å². The number of hydrogen-bond donors (Lipinski definition) is 1. The first kappa shape index (κ1) is 17.7. The lowest BCUT2D eigenvalue weighted by atomic mass is 10.1. The van der Waals surface area contributed by atoms with Gasteiger partial charge in [-0.3, -0.25) is 4.79 Å². The fraction of sp³-hybridized carbons (Fsp3) is 0.316. The second-order valence-electron chi connectivity index (χ2n) is 6.17. The van der Waals surface area contributed by atoms with Crippen LogP contribution in [-0.2, 0) is 0 Å². The summed E-state index contributed by atoms with van der Waals surface area (Å²) < 4.78 is 20.5. The molecule has 0 radical (unpaired) electrons. The largest absolute Gasteiger partial charge is 0.487 e. The van der Waals surface area contributed by atoms with Gasteiger partial charge in [-0.25, -0.2) is 4.39 Å². The summed E-state index contributed by atoms with van der Waals surface area (Å²) in [6.45, 7) is 1.85. The van der Waals surface area contributed by atoms with Gasteiger partial charge >= 0.3 is 0 Å². The highest BCUT2D eigenvalue weighted by atomic mass is 35.5. The van der Waals surface area contributed by atoms with Gasteiger partial charge in [-0.15, -0.1) is 0 Å². The van der Waals surface area contributed by atoms with Gasteiger partial charge in [0.05, 0.1) is 16.3 Å². The number of likely N-dealkylation sites (tertiary alicyclic amines) is 1. The van der Waals surface area contributed by atoms with E-state index in [1.165, 1.54) is 6.07 Å². The Labute approximate surface area is 151 Å². The Morgan fingerprint density at radius 2 is 1.92 bits per heavy atom. The fourth-order valence-electron chi connectivity index (χ4n) is 2.82. The van der Waals surface area contributed by atoms with Crippen LogP contribution in [0.25, 0.3) is 0 Å². The molecule has 1 fully saturated rings. The van der Waals surface area contributed by atoms with E-state index in [4.69, 9.17) is 16.3 Å². The lowest BCUT2D eigenvalue weighted by molar-refractivity contribution is 0.102. The predicted octanol–water partition coefficient (Wildman–Crippen LogP) is 4.20. The number of rotatable bonds is 4. The molecule has 0 unspecified atom stereocenters. The summed E-state index contributed by atoms with van der Waals surface area (Å²) in [4.78, 5) is 14.5. The van der Waals surface area contributed by atoms with Crippen LogP contribution in [0, 0.1) is 5.82 Å². The average Bonchev–Trinajstić information content (AvgIpc) is 2.60. The number of carbonyl (C=O) groups is 1. The average molecular weight is 363 g/mol. The molecule has 1 N–H and O–H groups in total. The van der Waals surface area contributed by atoms with Crippen molar-refractivity contribution in [2.75, 3.05) is 25.5 Å². The van der Waals surface area contributed by atoms with Gasteiger partial charge in [0.1, 0.15) is 6.10 Å². The molecular formula is C19H20ClFN2O2. The number of nitrogens with one attached hydrogen (secondary N) is 1. The maximum absolute atomic E-state index is 14.7. The van der Waals surface area contributed by atoms with E-state index in [0.29, 0.717) is 10.6 Å². The molecule has 0 aromatic heterocycles. The molecule has 3 rings (SSSR count). The fourth-order valence-corrected chi connectivity index (χ4v) is 3.04. The van der Waals surface area contributed by atoms with E-state index in [2.05, 4.69) is 17.3 Å². The Hall–Kier alpha value is -2.11. The first-order chi connectivity index (χ1) is 12.0. The lowest BCUT2D eigenvalue weighted by Gasteiger charge is -2.29. The van der Waals surface area contributed by atoms with Gasteiger partial charge in [0, 0.05) is 13.1 Å². The highest BCUT2D eigenvalue weighted by Gasteiger charge is 2.21. The third-order valence-electron chi connectivity index (χ3n) is 4.29. The number of amides is 1. The zero-order valence-corrected chi connectivity index (χ0v) is 14.7. The number of anilines is 1. The Kier molecular flexibility index (Phi) is 5.56. The van der Waals surface area contributed by atoms with Gasteiger partial charge in [0.25, 0.3) is 5.91 Å². The number of hydrogen-bond acceptors (Lipinski definition) is 3. The highest BCUT2D eigenvalue weighted by Crippen LogP contribution is 2.28. The minimum absolute atomic E-state index is 0.0137. The summed E-state index contributed by atoms with van der Waals surface area (Å²) in [5.74, 6) is -0.866. The van der Waals surface area contributed by atoms with Crippen LogP contribution in [0.15, 0.2) is 42.5 Å². The van der Waals surface area contributed by atoms with Gasteiger partial charge in [0.2, 0.25) is 0 Å². The van der Waals surface area contributed by atoms with Crippen molar-refractivity contribution in [1.82, 2.24) is 4.90 Å². The first-order valence-electron chi connectivity index (χ1n) is 8.24. The third kappa shape index (κ3) is 4.30. The minimum Gasteiger partial charge on any atom is -0.487 e. The van der Waals surface area contributed by atoms with Crippen LogP contribution < -0.4 is 10.1 Å². The smallest absolute Gasteiger partial charge is 0.257 e. The maximum atomic E-state index is 14.7. The Bertz CT molecular complexity index is 761. The summed E-state index contributed by atoms with van der Waals surface area (Å²) in [6.07, 6.45) is 1.69. The molecule has 1 saturated heterocycles. The van der Waals surface area contributed by atoms with Gasteiger partial charge in [-0.2, -0.15) is 0 Å². The van der Waals surface area contributed by atoms with Gasteiger partial charge in [-0.05, 0) is 44.2 Å². The second-order valence-corrected chi connectivity index (χ2v) is 6.58. The standard InChI is InChI=1S/C19H20ClFN2O2/c1-23-11-9-13(10-12-23)25-17-8-4-7-16(18(17)21)22-19(24)14-5-2-3-6-15(14)20/h2-8,13H,9-12H2,1H3,(H,22,24). The van der Waals surface area contributed by atoms with Crippen molar-refractivity contribution >= 4 is 23.2 Å². The zero-order valence-electron chi connectivity index (χ0n) is 14.0. The molecule has 0 bridgehead atoms. The van der Waals surface area contributed by atoms with E-state index in [1.807, 2.05) is 0 Å². The van der Waals surface area contributed by atoms with Crippen LogP contribution in [0.2, 0.25) is 5.02 Å². The van der Waals surface area contributed by atoms with Gasteiger partial charge in [-0.1, -0.05) is 29.8 Å². The second kappa shape index (κ2) is 7.85. The summed E-state index contributed by atoms with van der Waals surface area (Å²) in [5, 5.41) is 2.88. The van der Waals surface area contributed by atoms with Crippen molar-refractivity contribution in [3.63, 3.8) is 0 Å². The summed E-state index contributed by atoms with van der Waals surface area (Å²) in [7, 11) is 2.06. The summed E-state index contributed by atoms with van der Waals surface area (Å²) in [6, 6.07) is 11.4. The first-order valence-corrected chi connectivity index (χ1v) is 8.62. The van der Waals surface area contributed by atoms with Gasteiger partial charge < -0.3 is 15.0 Å². The quantitative estimate of drug-likeness (QED) is 0.886. The van der Waals surface area contributed by atoms with Crippen molar-refractivity contribution in [2.24, 2.45) is 0 Å². The normalized spacial score (nSPS) is 15.8. The molecule has 132 valence electrons. The van der Waals surface area contributed by atoms with Crippen LogP contribution >= 0.6 is 11.6 Å². The summed E-state index contributed by atoms with van der Waals surface area (Å²) >= 11 is 6.01. The Morgan fingerprint density at radius 1 is 1.20 bits per heavy atom.